The summed E-state index contributed by atoms with van der Waals surface area (Å²) in [5.41, 5.74) is 1.56. The van der Waals surface area contributed by atoms with E-state index in [0.29, 0.717) is 6.61 Å². The molecule has 0 bridgehead atoms. The highest BCUT2D eigenvalue weighted by molar-refractivity contribution is 4.99. The summed E-state index contributed by atoms with van der Waals surface area (Å²) >= 11 is 0. The summed E-state index contributed by atoms with van der Waals surface area (Å²) in [6.07, 6.45) is 9.32. The summed E-state index contributed by atoms with van der Waals surface area (Å²) in [6, 6.07) is 0. The number of hydrogen-bond donors (Lipinski definition) is 1. The van der Waals surface area contributed by atoms with E-state index in [9.17, 15) is 0 Å². The third-order valence-electron chi connectivity index (χ3n) is 2.17. The third kappa shape index (κ3) is 6.41. The van der Waals surface area contributed by atoms with Crippen molar-refractivity contribution in [1.29, 1.82) is 0 Å². The molecule has 0 saturated heterocycles. The number of aliphatic hydroxyl groups is 1. The smallest absolute Gasteiger partial charge is 0.0431 e. The van der Waals surface area contributed by atoms with Crippen LogP contribution in [0.3, 0.4) is 0 Å². The summed E-state index contributed by atoms with van der Waals surface area (Å²) in [5, 5.41) is 8.61. The van der Waals surface area contributed by atoms with E-state index < -0.39 is 0 Å². The number of hydrogen-bond acceptors (Lipinski definition) is 1. The molecule has 1 heteroatoms. The van der Waals surface area contributed by atoms with E-state index in [4.69, 9.17) is 5.11 Å². The standard InChI is InChI=1S/C11H22O/c1-3-5-8-11(4-2)9-6-7-10-12/h4,12H,3,5-10H2,1-2H3/b11-4-. The monoisotopic (exact) mass is 170 g/mol. The highest BCUT2D eigenvalue weighted by Crippen LogP contribution is 2.14. The van der Waals surface area contributed by atoms with Gasteiger partial charge in [0, 0.05) is 6.61 Å². The summed E-state index contributed by atoms with van der Waals surface area (Å²) in [7, 11) is 0. The van der Waals surface area contributed by atoms with Gasteiger partial charge in [0.2, 0.25) is 0 Å². The Morgan fingerprint density at radius 3 is 2.33 bits per heavy atom. The summed E-state index contributed by atoms with van der Waals surface area (Å²) in [4.78, 5) is 0. The van der Waals surface area contributed by atoms with Crippen molar-refractivity contribution in [3.63, 3.8) is 0 Å². The summed E-state index contributed by atoms with van der Waals surface area (Å²) in [5.74, 6) is 0. The summed E-state index contributed by atoms with van der Waals surface area (Å²) < 4.78 is 0. The van der Waals surface area contributed by atoms with Crippen molar-refractivity contribution >= 4 is 0 Å². The largest absolute Gasteiger partial charge is 0.396 e. The van der Waals surface area contributed by atoms with Crippen LogP contribution in [0.5, 0.6) is 0 Å². The average molecular weight is 170 g/mol. The average Bonchev–Trinajstić information content (AvgIpc) is 2.11. The minimum absolute atomic E-state index is 0.338. The first-order chi connectivity index (χ1) is 5.85. The van der Waals surface area contributed by atoms with Crippen LogP contribution in [0.1, 0.15) is 52.4 Å². The molecule has 0 radical (unpaired) electrons. The molecule has 0 saturated carbocycles. The second kappa shape index (κ2) is 8.79. The van der Waals surface area contributed by atoms with Crippen molar-refractivity contribution in [2.75, 3.05) is 6.61 Å². The lowest BCUT2D eigenvalue weighted by Crippen LogP contribution is -1.87. The van der Waals surface area contributed by atoms with Crippen molar-refractivity contribution in [2.45, 2.75) is 52.4 Å². The van der Waals surface area contributed by atoms with Crippen LogP contribution in [0.2, 0.25) is 0 Å². The minimum Gasteiger partial charge on any atom is -0.396 e. The van der Waals surface area contributed by atoms with E-state index in [1.165, 1.54) is 25.7 Å². The third-order valence-corrected chi connectivity index (χ3v) is 2.17. The molecule has 0 aliphatic carbocycles. The fraction of sp³-hybridized carbons (Fsp3) is 0.818. The number of aliphatic hydroxyl groups excluding tert-OH is 1. The Hall–Kier alpha value is -0.300. The maximum absolute atomic E-state index is 8.61. The molecule has 1 N–H and O–H groups in total. The van der Waals surface area contributed by atoms with E-state index in [0.717, 1.165) is 12.8 Å². The molecule has 0 fully saturated rings. The molecule has 12 heavy (non-hydrogen) atoms. The Morgan fingerprint density at radius 1 is 1.17 bits per heavy atom. The van der Waals surface area contributed by atoms with Gasteiger partial charge in [0.15, 0.2) is 0 Å². The van der Waals surface area contributed by atoms with Crippen molar-refractivity contribution in [3.05, 3.63) is 11.6 Å². The van der Waals surface area contributed by atoms with Gasteiger partial charge < -0.3 is 5.11 Å². The molecule has 0 atom stereocenters. The topological polar surface area (TPSA) is 20.2 Å². The molecule has 0 heterocycles. The molecule has 0 aliphatic heterocycles. The molecule has 0 aromatic carbocycles. The van der Waals surface area contributed by atoms with Crippen molar-refractivity contribution < 1.29 is 5.11 Å². The normalized spacial score (nSPS) is 12.1. The SMILES string of the molecule is C/C=C(/CCCC)CCCCO. The van der Waals surface area contributed by atoms with Gasteiger partial charge in [-0.25, -0.2) is 0 Å². The molecule has 0 unspecified atom stereocenters. The predicted molar refractivity (Wildman–Crippen MR) is 54.2 cm³/mol. The Bertz CT molecular complexity index is 116. The zero-order chi connectivity index (χ0) is 9.23. The van der Waals surface area contributed by atoms with Crippen LogP contribution in [0.4, 0.5) is 0 Å². The van der Waals surface area contributed by atoms with E-state index >= 15 is 0 Å². The van der Waals surface area contributed by atoms with Gasteiger partial charge in [0.25, 0.3) is 0 Å². The Kier molecular flexibility index (Phi) is 8.57. The van der Waals surface area contributed by atoms with Gasteiger partial charge in [-0.3, -0.25) is 0 Å². The maximum Gasteiger partial charge on any atom is 0.0431 e. The molecule has 0 aromatic heterocycles. The first-order valence-corrected chi connectivity index (χ1v) is 5.10. The van der Waals surface area contributed by atoms with Gasteiger partial charge >= 0.3 is 0 Å². The zero-order valence-electron chi connectivity index (χ0n) is 8.47. The molecule has 0 rings (SSSR count). The molecule has 72 valence electrons. The lowest BCUT2D eigenvalue weighted by Gasteiger charge is -2.04. The zero-order valence-corrected chi connectivity index (χ0v) is 8.47. The van der Waals surface area contributed by atoms with E-state index in [1.54, 1.807) is 5.57 Å². The Labute approximate surface area is 76.5 Å². The number of rotatable bonds is 7. The molecule has 1 nitrogen and oxygen atoms in total. The van der Waals surface area contributed by atoms with Gasteiger partial charge in [-0.2, -0.15) is 0 Å². The van der Waals surface area contributed by atoms with Gasteiger partial charge in [0.05, 0.1) is 0 Å². The van der Waals surface area contributed by atoms with Crippen molar-refractivity contribution in [3.8, 4) is 0 Å². The molecule has 0 aromatic rings. The Morgan fingerprint density at radius 2 is 1.83 bits per heavy atom. The van der Waals surface area contributed by atoms with E-state index in [2.05, 4.69) is 19.9 Å². The van der Waals surface area contributed by atoms with Gasteiger partial charge in [0.1, 0.15) is 0 Å². The fourth-order valence-electron chi connectivity index (χ4n) is 1.28. The second-order valence-electron chi connectivity index (χ2n) is 3.23. The molecule has 0 aliphatic rings. The highest BCUT2D eigenvalue weighted by atomic mass is 16.2. The quantitative estimate of drug-likeness (QED) is 0.459. The van der Waals surface area contributed by atoms with Gasteiger partial charge in [-0.05, 0) is 39.0 Å². The van der Waals surface area contributed by atoms with Crippen molar-refractivity contribution in [1.82, 2.24) is 0 Å². The first kappa shape index (κ1) is 11.7. The maximum atomic E-state index is 8.61. The van der Waals surface area contributed by atoms with Crippen LogP contribution in [-0.2, 0) is 0 Å². The van der Waals surface area contributed by atoms with E-state index in [-0.39, 0.29) is 0 Å². The number of allylic oxidation sites excluding steroid dienone is 2. The van der Waals surface area contributed by atoms with E-state index in [1.807, 2.05) is 0 Å². The Balaban J connectivity index is 3.41. The predicted octanol–water partition coefficient (Wildman–Crippen LogP) is 3.29. The van der Waals surface area contributed by atoms with Crippen LogP contribution in [0.25, 0.3) is 0 Å². The number of unbranched alkanes of at least 4 members (excludes halogenated alkanes) is 2. The van der Waals surface area contributed by atoms with Crippen LogP contribution < -0.4 is 0 Å². The second-order valence-corrected chi connectivity index (χ2v) is 3.23. The lowest BCUT2D eigenvalue weighted by atomic mass is 10.0. The highest BCUT2D eigenvalue weighted by Gasteiger charge is 1.95. The van der Waals surface area contributed by atoms with Crippen LogP contribution in [0, 0.1) is 0 Å². The van der Waals surface area contributed by atoms with Crippen molar-refractivity contribution in [2.24, 2.45) is 0 Å². The molecule has 0 amide bonds. The molecule has 0 spiro atoms. The molecular weight excluding hydrogens is 148 g/mol. The minimum atomic E-state index is 0.338. The summed E-state index contributed by atoms with van der Waals surface area (Å²) in [6.45, 7) is 4.68. The van der Waals surface area contributed by atoms with Gasteiger partial charge in [-0.1, -0.05) is 25.0 Å². The fourth-order valence-corrected chi connectivity index (χ4v) is 1.28. The molecular formula is C11H22O. The van der Waals surface area contributed by atoms with Gasteiger partial charge in [-0.15, -0.1) is 0 Å². The van der Waals surface area contributed by atoms with Crippen LogP contribution in [0.15, 0.2) is 11.6 Å². The lowest BCUT2D eigenvalue weighted by molar-refractivity contribution is 0.284. The first-order valence-electron chi connectivity index (χ1n) is 5.10. The van der Waals surface area contributed by atoms with Crippen LogP contribution in [-0.4, -0.2) is 11.7 Å². The van der Waals surface area contributed by atoms with Crippen LogP contribution >= 0.6 is 0 Å².